The summed E-state index contributed by atoms with van der Waals surface area (Å²) >= 11 is 0. The van der Waals surface area contributed by atoms with Gasteiger partial charge in [0.2, 0.25) is 0 Å². The zero-order valence-corrected chi connectivity index (χ0v) is 27.8. The molecule has 0 unspecified atom stereocenters. The van der Waals surface area contributed by atoms with E-state index < -0.39 is 0 Å². The molecule has 232 valence electrons. The van der Waals surface area contributed by atoms with Crippen LogP contribution in [0.25, 0.3) is 67.5 Å². The van der Waals surface area contributed by atoms with Crippen LogP contribution in [0.4, 0.5) is 0 Å². The van der Waals surface area contributed by atoms with Gasteiger partial charge in [-0.25, -0.2) is 15.0 Å². The number of aromatic nitrogens is 3. The van der Waals surface area contributed by atoms with Crippen molar-refractivity contribution in [3.8, 4) is 67.5 Å². The number of hydrogen-bond donors (Lipinski definition) is 0. The first kappa shape index (κ1) is 29.7. The summed E-state index contributed by atoms with van der Waals surface area (Å²) in [4.78, 5) is 14.8. The third-order valence-electron chi connectivity index (χ3n) is 10.5. The van der Waals surface area contributed by atoms with E-state index in [1.807, 2.05) is 60.7 Å². The van der Waals surface area contributed by atoms with Gasteiger partial charge in [-0.2, -0.15) is 0 Å². The fourth-order valence-electron chi connectivity index (χ4n) is 7.03. The van der Waals surface area contributed by atoms with E-state index in [2.05, 4.69) is 119 Å². The molecule has 48 heavy (non-hydrogen) atoms. The average Bonchev–Trinajstić information content (AvgIpc) is 3.15. The van der Waals surface area contributed by atoms with Crippen LogP contribution in [-0.2, 0) is 10.8 Å². The van der Waals surface area contributed by atoms with Crippen molar-refractivity contribution in [3.63, 3.8) is 0 Å². The molecule has 7 aromatic rings. The van der Waals surface area contributed by atoms with Gasteiger partial charge >= 0.3 is 0 Å². The summed E-state index contributed by atoms with van der Waals surface area (Å²) in [6.45, 7) is 9.58. The maximum atomic E-state index is 4.98. The molecule has 0 saturated carbocycles. The lowest BCUT2D eigenvalue weighted by atomic mass is 9.55. The van der Waals surface area contributed by atoms with E-state index in [1.165, 1.54) is 38.9 Å². The molecule has 1 heterocycles. The fourth-order valence-corrected chi connectivity index (χ4v) is 7.03. The molecule has 0 aliphatic heterocycles. The Morgan fingerprint density at radius 3 is 1.15 bits per heavy atom. The van der Waals surface area contributed by atoms with Gasteiger partial charge in [0.1, 0.15) is 0 Å². The van der Waals surface area contributed by atoms with Gasteiger partial charge in [0.25, 0.3) is 0 Å². The zero-order chi connectivity index (χ0) is 32.9. The second-order valence-electron chi connectivity index (χ2n) is 13.8. The molecule has 1 aliphatic carbocycles. The predicted molar refractivity (Wildman–Crippen MR) is 198 cm³/mol. The lowest BCUT2D eigenvalue weighted by molar-refractivity contribution is 0.299. The molecule has 8 rings (SSSR count). The van der Waals surface area contributed by atoms with Crippen LogP contribution in [0.2, 0.25) is 0 Å². The molecule has 3 nitrogen and oxygen atoms in total. The van der Waals surface area contributed by atoms with Crippen molar-refractivity contribution in [3.05, 3.63) is 163 Å². The minimum atomic E-state index is -0.109. The third kappa shape index (κ3) is 5.03. The Bertz CT molecular complexity index is 2210. The summed E-state index contributed by atoms with van der Waals surface area (Å²) in [5, 5.41) is 0. The maximum absolute atomic E-state index is 4.98. The van der Waals surface area contributed by atoms with Crippen molar-refractivity contribution < 1.29 is 0 Å². The lowest BCUT2D eigenvalue weighted by Crippen LogP contribution is -2.43. The summed E-state index contributed by atoms with van der Waals surface area (Å²) in [5.41, 5.74) is 12.9. The standard InChI is InChI=1S/C45H37N3/c1-44(2)39-28-34(30-15-8-5-9-16-30)23-25-37(39)38-26-24-35(29-40(38)45(44,3)4)33-21-14-22-36(27-33)43-47-41(31-17-10-6-11-18-31)46-42(48-43)32-19-12-7-13-20-32/h5-29H,1-4H3. The number of nitrogens with zero attached hydrogens (tertiary/aromatic N) is 3. The Balaban J connectivity index is 1.22. The number of rotatable bonds is 5. The van der Waals surface area contributed by atoms with Crippen LogP contribution in [-0.4, -0.2) is 15.0 Å². The smallest absolute Gasteiger partial charge is 0.164 e. The maximum Gasteiger partial charge on any atom is 0.164 e. The number of benzene rings is 6. The molecule has 0 N–H and O–H groups in total. The summed E-state index contributed by atoms with van der Waals surface area (Å²) in [6, 6.07) is 53.5. The van der Waals surface area contributed by atoms with Crippen molar-refractivity contribution in [1.82, 2.24) is 15.0 Å². The van der Waals surface area contributed by atoms with E-state index in [0.717, 1.165) is 22.3 Å². The minimum Gasteiger partial charge on any atom is -0.208 e. The predicted octanol–water partition coefficient (Wildman–Crippen LogP) is 11.4. The highest BCUT2D eigenvalue weighted by Crippen LogP contribution is 2.55. The highest BCUT2D eigenvalue weighted by Gasteiger charge is 2.46. The van der Waals surface area contributed by atoms with Gasteiger partial charge in [-0.05, 0) is 73.5 Å². The molecule has 0 fully saturated rings. The lowest BCUT2D eigenvalue weighted by Gasteiger charge is -2.48. The van der Waals surface area contributed by atoms with Gasteiger partial charge in [-0.3, -0.25) is 0 Å². The molecule has 0 saturated heterocycles. The van der Waals surface area contributed by atoms with E-state index in [-0.39, 0.29) is 10.8 Å². The molecule has 0 spiro atoms. The van der Waals surface area contributed by atoms with Crippen molar-refractivity contribution >= 4 is 0 Å². The van der Waals surface area contributed by atoms with Gasteiger partial charge in [-0.1, -0.05) is 161 Å². The first-order valence-corrected chi connectivity index (χ1v) is 16.6. The Kier molecular flexibility index (Phi) is 7.14. The van der Waals surface area contributed by atoms with Crippen molar-refractivity contribution in [1.29, 1.82) is 0 Å². The summed E-state index contributed by atoms with van der Waals surface area (Å²) in [5.74, 6) is 1.99. The molecule has 3 heteroatoms. The normalized spacial score (nSPS) is 14.2. The molecule has 0 amide bonds. The molecular weight excluding hydrogens is 583 g/mol. The SMILES string of the molecule is CC1(C)c2cc(-c3ccccc3)ccc2-c2ccc(-c3cccc(-c4nc(-c5ccccc5)nc(-c5ccccc5)n4)c3)cc2C1(C)C. The van der Waals surface area contributed by atoms with E-state index in [4.69, 9.17) is 15.0 Å². The fraction of sp³-hybridized carbons (Fsp3) is 0.133. The Hall–Kier alpha value is -5.67. The molecule has 0 atom stereocenters. The summed E-state index contributed by atoms with van der Waals surface area (Å²) < 4.78 is 0. The monoisotopic (exact) mass is 619 g/mol. The van der Waals surface area contributed by atoms with Gasteiger partial charge < -0.3 is 0 Å². The highest BCUT2D eigenvalue weighted by molar-refractivity contribution is 5.84. The molecule has 6 aromatic carbocycles. The molecule has 1 aliphatic rings. The number of fused-ring (bicyclic) bond motifs is 3. The Morgan fingerprint density at radius 1 is 0.312 bits per heavy atom. The van der Waals surface area contributed by atoms with Crippen LogP contribution in [0.15, 0.2) is 152 Å². The van der Waals surface area contributed by atoms with Crippen molar-refractivity contribution in [2.24, 2.45) is 0 Å². The highest BCUT2D eigenvalue weighted by atomic mass is 15.0. The zero-order valence-electron chi connectivity index (χ0n) is 27.8. The second-order valence-corrected chi connectivity index (χ2v) is 13.8. The van der Waals surface area contributed by atoms with Crippen LogP contribution in [0, 0.1) is 0 Å². The minimum absolute atomic E-state index is 0.0901. The first-order chi connectivity index (χ1) is 23.3. The van der Waals surface area contributed by atoms with Crippen LogP contribution in [0.3, 0.4) is 0 Å². The Labute approximate surface area is 283 Å². The van der Waals surface area contributed by atoms with Crippen molar-refractivity contribution in [2.45, 2.75) is 38.5 Å². The van der Waals surface area contributed by atoms with E-state index in [0.29, 0.717) is 17.5 Å². The van der Waals surface area contributed by atoms with E-state index in [9.17, 15) is 0 Å². The topological polar surface area (TPSA) is 38.7 Å². The van der Waals surface area contributed by atoms with Crippen LogP contribution in [0.5, 0.6) is 0 Å². The third-order valence-corrected chi connectivity index (χ3v) is 10.5. The van der Waals surface area contributed by atoms with Crippen LogP contribution >= 0.6 is 0 Å². The van der Waals surface area contributed by atoms with Crippen LogP contribution < -0.4 is 0 Å². The number of hydrogen-bond acceptors (Lipinski definition) is 3. The largest absolute Gasteiger partial charge is 0.208 e. The summed E-state index contributed by atoms with van der Waals surface area (Å²) in [6.07, 6.45) is 0. The van der Waals surface area contributed by atoms with Crippen LogP contribution in [0.1, 0.15) is 38.8 Å². The first-order valence-electron chi connectivity index (χ1n) is 16.6. The molecular formula is C45H37N3. The van der Waals surface area contributed by atoms with Gasteiger partial charge in [0.05, 0.1) is 0 Å². The average molecular weight is 620 g/mol. The molecule has 0 radical (unpaired) electrons. The van der Waals surface area contributed by atoms with Gasteiger partial charge in [0, 0.05) is 16.7 Å². The van der Waals surface area contributed by atoms with Crippen molar-refractivity contribution in [2.75, 3.05) is 0 Å². The molecule has 1 aromatic heterocycles. The summed E-state index contributed by atoms with van der Waals surface area (Å²) in [7, 11) is 0. The van der Waals surface area contributed by atoms with Gasteiger partial charge in [-0.15, -0.1) is 0 Å². The van der Waals surface area contributed by atoms with E-state index >= 15 is 0 Å². The van der Waals surface area contributed by atoms with E-state index in [1.54, 1.807) is 0 Å². The Morgan fingerprint density at radius 2 is 0.667 bits per heavy atom. The molecule has 0 bridgehead atoms. The quantitative estimate of drug-likeness (QED) is 0.192. The van der Waals surface area contributed by atoms with Gasteiger partial charge in [0.15, 0.2) is 17.5 Å². The second kappa shape index (κ2) is 11.5.